The summed E-state index contributed by atoms with van der Waals surface area (Å²) >= 11 is 7.27. The van der Waals surface area contributed by atoms with Crippen molar-refractivity contribution in [2.24, 2.45) is 11.8 Å². The molecule has 9 nitrogen and oxygen atoms in total. The van der Waals surface area contributed by atoms with Crippen molar-refractivity contribution in [2.75, 3.05) is 12.4 Å². The number of halogens is 1. The summed E-state index contributed by atoms with van der Waals surface area (Å²) in [5.74, 6) is 0.744. The third-order valence-corrected chi connectivity index (χ3v) is 7.20. The van der Waals surface area contributed by atoms with E-state index in [-0.39, 0.29) is 17.4 Å². The molecular weight excluding hydrogens is 466 g/mol. The van der Waals surface area contributed by atoms with E-state index in [0.29, 0.717) is 44.6 Å². The van der Waals surface area contributed by atoms with Crippen LogP contribution in [0.5, 0.6) is 10.9 Å². The van der Waals surface area contributed by atoms with Crippen molar-refractivity contribution in [1.82, 2.24) is 20.2 Å². The van der Waals surface area contributed by atoms with Gasteiger partial charge in [0.05, 0.1) is 25.0 Å². The zero-order chi connectivity index (χ0) is 23.1. The summed E-state index contributed by atoms with van der Waals surface area (Å²) in [6, 6.07) is 3.44. The van der Waals surface area contributed by atoms with Crippen LogP contribution in [0.2, 0.25) is 5.15 Å². The van der Waals surface area contributed by atoms with Gasteiger partial charge >= 0.3 is 0 Å². The average Bonchev–Trinajstić information content (AvgIpc) is 3.49. The molecule has 2 saturated carbocycles. The molecule has 2 fully saturated rings. The van der Waals surface area contributed by atoms with Crippen LogP contribution in [0.4, 0.5) is 5.13 Å². The molecule has 3 heterocycles. The second kappa shape index (κ2) is 8.85. The smallest absolute Gasteiger partial charge is 0.296 e. The van der Waals surface area contributed by atoms with Gasteiger partial charge in [-0.25, -0.2) is 4.98 Å². The Kier molecular flexibility index (Phi) is 5.90. The van der Waals surface area contributed by atoms with E-state index in [1.165, 1.54) is 30.8 Å². The summed E-state index contributed by atoms with van der Waals surface area (Å²) in [4.78, 5) is 21.5. The SMILES string of the molecule is COc1cnc(Cl)cc1-c1cc(C)ncc1C(=O)Nc1nnc(O[C@H]2C[C@H]3C[C@@H]2C[C@@H]3O)s1. The van der Waals surface area contributed by atoms with Gasteiger partial charge in [-0.05, 0) is 61.5 Å². The Bertz CT molecular complexity index is 1200. The Morgan fingerprint density at radius 2 is 2.00 bits per heavy atom. The van der Waals surface area contributed by atoms with Crippen molar-refractivity contribution in [3.05, 3.63) is 40.9 Å². The number of aliphatic hydroxyl groups excluding tert-OH is 1. The second-order valence-corrected chi connectivity index (χ2v) is 9.68. The summed E-state index contributed by atoms with van der Waals surface area (Å²) in [5, 5.41) is 21.9. The van der Waals surface area contributed by atoms with E-state index in [2.05, 4.69) is 25.5 Å². The van der Waals surface area contributed by atoms with Crippen LogP contribution in [0.3, 0.4) is 0 Å². The Morgan fingerprint density at radius 3 is 2.73 bits per heavy atom. The predicted octanol–water partition coefficient (Wildman–Crippen LogP) is 3.76. The van der Waals surface area contributed by atoms with E-state index in [4.69, 9.17) is 21.1 Å². The highest BCUT2D eigenvalue weighted by atomic mass is 35.5. The first-order valence-corrected chi connectivity index (χ1v) is 11.8. The number of methoxy groups -OCH3 is 1. The van der Waals surface area contributed by atoms with E-state index in [1.54, 1.807) is 12.1 Å². The maximum Gasteiger partial charge on any atom is 0.296 e. The first-order chi connectivity index (χ1) is 15.9. The molecule has 1 amide bonds. The van der Waals surface area contributed by atoms with E-state index in [9.17, 15) is 9.90 Å². The monoisotopic (exact) mass is 487 g/mol. The van der Waals surface area contributed by atoms with Gasteiger partial charge in [0.25, 0.3) is 11.1 Å². The van der Waals surface area contributed by atoms with Crippen molar-refractivity contribution < 1.29 is 19.4 Å². The van der Waals surface area contributed by atoms with E-state index in [1.807, 2.05) is 6.92 Å². The molecule has 172 valence electrons. The fraction of sp³-hybridized carbons (Fsp3) is 0.409. The topological polar surface area (TPSA) is 119 Å². The molecule has 4 atom stereocenters. The van der Waals surface area contributed by atoms with E-state index >= 15 is 0 Å². The first kappa shape index (κ1) is 22.0. The molecule has 3 aromatic rings. The number of anilines is 1. The van der Waals surface area contributed by atoms with Crippen LogP contribution in [0.1, 0.15) is 35.3 Å². The van der Waals surface area contributed by atoms with E-state index < -0.39 is 5.91 Å². The Hall–Kier alpha value is -2.82. The van der Waals surface area contributed by atoms with Gasteiger partial charge in [-0.3, -0.25) is 15.1 Å². The Labute approximate surface area is 199 Å². The fourth-order valence-corrected chi connectivity index (χ4v) is 5.49. The minimum absolute atomic E-state index is 0.0340. The van der Waals surface area contributed by atoms with Crippen molar-refractivity contribution in [2.45, 2.75) is 38.4 Å². The van der Waals surface area contributed by atoms with Gasteiger partial charge in [-0.2, -0.15) is 0 Å². The summed E-state index contributed by atoms with van der Waals surface area (Å²) in [7, 11) is 1.53. The fourth-order valence-electron chi connectivity index (χ4n) is 4.69. The van der Waals surface area contributed by atoms with Gasteiger partial charge in [0.1, 0.15) is 17.0 Å². The summed E-state index contributed by atoms with van der Waals surface area (Å²) in [6.45, 7) is 1.84. The molecule has 33 heavy (non-hydrogen) atoms. The van der Waals surface area contributed by atoms with Gasteiger partial charge in [0.15, 0.2) is 0 Å². The molecule has 0 spiro atoms. The number of hydrogen-bond acceptors (Lipinski definition) is 9. The van der Waals surface area contributed by atoms with Crippen LogP contribution in [-0.4, -0.2) is 50.5 Å². The highest BCUT2D eigenvalue weighted by molar-refractivity contribution is 7.17. The first-order valence-electron chi connectivity index (χ1n) is 10.6. The number of nitrogens with zero attached hydrogens (tertiary/aromatic N) is 4. The third kappa shape index (κ3) is 4.38. The van der Waals surface area contributed by atoms with Crippen LogP contribution in [0, 0.1) is 18.8 Å². The highest BCUT2D eigenvalue weighted by Gasteiger charge is 2.46. The van der Waals surface area contributed by atoms with Crippen molar-refractivity contribution in [3.63, 3.8) is 0 Å². The minimum Gasteiger partial charge on any atom is -0.494 e. The third-order valence-electron chi connectivity index (χ3n) is 6.26. The van der Waals surface area contributed by atoms with Crippen LogP contribution >= 0.6 is 22.9 Å². The number of aryl methyl sites for hydroxylation is 1. The number of ether oxygens (including phenoxy) is 2. The summed E-state index contributed by atoms with van der Waals surface area (Å²) in [5.41, 5.74) is 2.32. The van der Waals surface area contributed by atoms with Crippen LogP contribution in [0.25, 0.3) is 11.1 Å². The molecule has 0 aliphatic heterocycles. The van der Waals surface area contributed by atoms with Crippen molar-refractivity contribution in [1.29, 1.82) is 0 Å². The molecule has 0 saturated heterocycles. The zero-order valence-electron chi connectivity index (χ0n) is 18.0. The molecule has 5 rings (SSSR count). The number of nitrogens with one attached hydrogen (secondary N) is 1. The van der Waals surface area contributed by atoms with Crippen LogP contribution < -0.4 is 14.8 Å². The molecule has 0 aromatic carbocycles. The number of amides is 1. The lowest BCUT2D eigenvalue weighted by molar-refractivity contribution is 0.0565. The largest absolute Gasteiger partial charge is 0.494 e. The molecule has 2 aliphatic carbocycles. The number of hydrogen-bond donors (Lipinski definition) is 2. The molecule has 0 radical (unpaired) electrons. The molecular formula is C22H22ClN5O4S. The van der Waals surface area contributed by atoms with Crippen LogP contribution in [0.15, 0.2) is 24.5 Å². The number of rotatable bonds is 6. The van der Waals surface area contributed by atoms with Crippen LogP contribution in [-0.2, 0) is 0 Å². The summed E-state index contributed by atoms with van der Waals surface area (Å²) < 4.78 is 11.4. The number of aromatic nitrogens is 4. The van der Waals surface area contributed by atoms with Gasteiger partial charge in [-0.1, -0.05) is 16.7 Å². The standard InChI is InChI=1S/C22H22ClN5O4S/c1-10-3-13(14-7-19(23)25-9-18(14)31-2)15(8-24-10)20(30)26-21-27-28-22(33-21)32-17-6-11-4-12(17)5-16(11)29/h3,7-9,11-12,16-17,29H,4-6H2,1-2H3,(H,26,27,30)/t11-,12-,16+,17+/m1/s1. The molecule has 2 bridgehead atoms. The number of carbonyl (C=O) groups is 1. The number of aliphatic hydroxyl groups is 1. The quantitative estimate of drug-likeness (QED) is 0.504. The maximum absolute atomic E-state index is 13.1. The van der Waals surface area contributed by atoms with Gasteiger partial charge < -0.3 is 14.6 Å². The molecule has 11 heteroatoms. The average molecular weight is 488 g/mol. The van der Waals surface area contributed by atoms with E-state index in [0.717, 1.165) is 25.0 Å². The number of fused-ring (bicyclic) bond motifs is 2. The highest BCUT2D eigenvalue weighted by Crippen LogP contribution is 2.46. The molecule has 0 unspecified atom stereocenters. The van der Waals surface area contributed by atoms with Crippen molar-refractivity contribution >= 4 is 34.0 Å². The molecule has 3 aromatic heterocycles. The minimum atomic E-state index is -0.391. The lowest BCUT2D eigenvalue weighted by atomic mass is 9.95. The second-order valence-electron chi connectivity index (χ2n) is 8.36. The maximum atomic E-state index is 13.1. The van der Waals surface area contributed by atoms with Gasteiger partial charge in [-0.15, -0.1) is 5.10 Å². The normalized spacial score (nSPS) is 23.5. The lowest BCUT2D eigenvalue weighted by Gasteiger charge is -2.24. The van der Waals surface area contributed by atoms with Gasteiger partial charge in [0.2, 0.25) is 5.13 Å². The van der Waals surface area contributed by atoms with Crippen molar-refractivity contribution in [3.8, 4) is 22.1 Å². The summed E-state index contributed by atoms with van der Waals surface area (Å²) in [6.07, 6.45) is 5.41. The molecule has 2 aliphatic rings. The molecule has 2 N–H and O–H groups in total. The number of pyridine rings is 2. The Balaban J connectivity index is 1.35. The number of carbonyl (C=O) groups excluding carboxylic acids is 1. The Morgan fingerprint density at radius 1 is 1.15 bits per heavy atom. The zero-order valence-corrected chi connectivity index (χ0v) is 19.6. The predicted molar refractivity (Wildman–Crippen MR) is 123 cm³/mol. The van der Waals surface area contributed by atoms with Gasteiger partial charge in [0, 0.05) is 23.0 Å². The lowest BCUT2D eigenvalue weighted by Crippen LogP contribution is -2.29.